The van der Waals surface area contributed by atoms with Crippen LogP contribution in [0.5, 0.6) is 5.75 Å². The van der Waals surface area contributed by atoms with Gasteiger partial charge in [-0.05, 0) is 38.0 Å². The normalized spacial score (nSPS) is 17.3. The van der Waals surface area contributed by atoms with Crippen molar-refractivity contribution >= 4 is 23.1 Å². The number of benzene rings is 1. The number of hydrogen-bond donors (Lipinski definition) is 2. The number of carbonyl (C=O) groups excluding carboxylic acids is 1. The number of hydrogen-bond acceptors (Lipinski definition) is 3. The molecule has 5 heteroatoms. The second kappa shape index (κ2) is 5.37. The Morgan fingerprint density at radius 2 is 2.10 bits per heavy atom. The summed E-state index contributed by atoms with van der Waals surface area (Å²) in [6, 6.07) is 5.05. The number of aliphatic hydroxyl groups excluding tert-OH is 1. The van der Waals surface area contributed by atoms with Gasteiger partial charge in [0.25, 0.3) is 5.91 Å². The predicted octanol–water partition coefficient (Wildman–Crippen LogP) is 3.31. The highest BCUT2D eigenvalue weighted by Gasteiger charge is 2.38. The molecule has 0 saturated heterocycles. The molecule has 4 nitrogen and oxygen atoms in total. The van der Waals surface area contributed by atoms with Gasteiger partial charge in [0.05, 0.1) is 22.7 Å². The van der Waals surface area contributed by atoms with Gasteiger partial charge < -0.3 is 15.2 Å². The topological polar surface area (TPSA) is 58.6 Å². The first kappa shape index (κ1) is 14.7. The fourth-order valence-electron chi connectivity index (χ4n) is 2.07. The van der Waals surface area contributed by atoms with Crippen LogP contribution in [-0.4, -0.2) is 23.2 Å². The van der Waals surface area contributed by atoms with Gasteiger partial charge in [-0.3, -0.25) is 4.79 Å². The van der Waals surface area contributed by atoms with Gasteiger partial charge in [0, 0.05) is 0 Å². The molecule has 1 amide bonds. The SMILES string of the molecule is CCCOc1cc(C2=C(O)C(C)(C)NC2=O)ccc1Cl. The molecule has 108 valence electrons. The first-order chi connectivity index (χ1) is 9.36. The van der Waals surface area contributed by atoms with E-state index in [1.165, 1.54) is 0 Å². The van der Waals surface area contributed by atoms with Gasteiger partial charge in [0.2, 0.25) is 0 Å². The van der Waals surface area contributed by atoms with Crippen molar-refractivity contribution in [3.63, 3.8) is 0 Å². The lowest BCUT2D eigenvalue weighted by molar-refractivity contribution is -0.115. The average Bonchev–Trinajstić information content (AvgIpc) is 2.58. The van der Waals surface area contributed by atoms with Crippen molar-refractivity contribution < 1.29 is 14.6 Å². The monoisotopic (exact) mass is 295 g/mol. The second-order valence-corrected chi connectivity index (χ2v) is 5.70. The molecule has 0 saturated carbocycles. The first-order valence-electron chi connectivity index (χ1n) is 6.55. The standard InChI is InChI=1S/C15H18ClNO3/c1-4-7-20-11-8-9(5-6-10(11)16)12-13(18)15(2,3)17-14(12)19/h5-6,8,18H,4,7H2,1-3H3,(H,17,19). The summed E-state index contributed by atoms with van der Waals surface area (Å²) in [5, 5.41) is 13.4. The number of nitrogens with one attached hydrogen (secondary N) is 1. The summed E-state index contributed by atoms with van der Waals surface area (Å²) in [4.78, 5) is 12.0. The smallest absolute Gasteiger partial charge is 0.256 e. The van der Waals surface area contributed by atoms with Crippen molar-refractivity contribution in [2.45, 2.75) is 32.7 Å². The summed E-state index contributed by atoms with van der Waals surface area (Å²) in [5.74, 6) is 0.256. The fourth-order valence-corrected chi connectivity index (χ4v) is 2.25. The number of halogens is 1. The number of carbonyl (C=O) groups is 1. The number of ether oxygens (including phenoxy) is 1. The van der Waals surface area contributed by atoms with Crippen LogP contribution in [0.2, 0.25) is 5.02 Å². The maximum Gasteiger partial charge on any atom is 0.256 e. The third kappa shape index (κ3) is 2.61. The van der Waals surface area contributed by atoms with Crippen LogP contribution in [0, 0.1) is 0 Å². The zero-order valence-electron chi connectivity index (χ0n) is 11.8. The highest BCUT2D eigenvalue weighted by molar-refractivity contribution is 6.32. The van der Waals surface area contributed by atoms with Crippen molar-refractivity contribution in [1.82, 2.24) is 5.32 Å². The molecule has 1 heterocycles. The average molecular weight is 296 g/mol. The Labute approximate surface area is 123 Å². The maximum absolute atomic E-state index is 12.0. The van der Waals surface area contributed by atoms with Gasteiger partial charge in [-0.25, -0.2) is 0 Å². The Bertz CT molecular complexity index is 578. The summed E-state index contributed by atoms with van der Waals surface area (Å²) in [5.41, 5.74) is 0.116. The molecule has 0 fully saturated rings. The van der Waals surface area contributed by atoms with E-state index >= 15 is 0 Å². The van der Waals surface area contributed by atoms with Gasteiger partial charge in [-0.2, -0.15) is 0 Å². The summed E-state index contributed by atoms with van der Waals surface area (Å²) in [6.45, 7) is 6.04. The second-order valence-electron chi connectivity index (χ2n) is 5.30. The predicted molar refractivity (Wildman–Crippen MR) is 79.0 cm³/mol. The molecule has 0 atom stereocenters. The fraction of sp³-hybridized carbons (Fsp3) is 0.400. The molecule has 0 bridgehead atoms. The van der Waals surface area contributed by atoms with Crippen LogP contribution < -0.4 is 10.1 Å². The van der Waals surface area contributed by atoms with Crippen LogP contribution >= 0.6 is 11.6 Å². The third-order valence-corrected chi connectivity index (χ3v) is 3.48. The van der Waals surface area contributed by atoms with Gasteiger partial charge >= 0.3 is 0 Å². The molecular weight excluding hydrogens is 278 g/mol. The van der Waals surface area contributed by atoms with Crippen LogP contribution in [0.1, 0.15) is 32.8 Å². The molecule has 0 aromatic heterocycles. The minimum atomic E-state index is -0.753. The molecule has 0 unspecified atom stereocenters. The van der Waals surface area contributed by atoms with Gasteiger partial charge in [0.15, 0.2) is 0 Å². The molecule has 20 heavy (non-hydrogen) atoms. The minimum absolute atomic E-state index is 0.0336. The minimum Gasteiger partial charge on any atom is -0.509 e. The van der Waals surface area contributed by atoms with E-state index in [0.717, 1.165) is 6.42 Å². The molecule has 2 rings (SSSR count). The zero-order valence-corrected chi connectivity index (χ0v) is 12.5. The zero-order chi connectivity index (χ0) is 14.9. The van der Waals surface area contributed by atoms with Crippen molar-refractivity contribution in [2.75, 3.05) is 6.61 Å². The molecule has 1 aromatic carbocycles. The number of aliphatic hydroxyl groups is 1. The van der Waals surface area contributed by atoms with Crippen LogP contribution in [0.25, 0.3) is 5.57 Å². The molecule has 0 spiro atoms. The van der Waals surface area contributed by atoms with E-state index < -0.39 is 5.54 Å². The van der Waals surface area contributed by atoms with Crippen molar-refractivity contribution in [2.24, 2.45) is 0 Å². The Hall–Kier alpha value is -1.68. The lowest BCUT2D eigenvalue weighted by Crippen LogP contribution is -2.38. The Kier molecular flexibility index (Phi) is 3.95. The van der Waals surface area contributed by atoms with Crippen LogP contribution in [0.4, 0.5) is 0 Å². The van der Waals surface area contributed by atoms with Crippen molar-refractivity contribution in [1.29, 1.82) is 0 Å². The quantitative estimate of drug-likeness (QED) is 0.896. The number of amides is 1. The summed E-state index contributed by atoms with van der Waals surface area (Å²) >= 11 is 6.06. The lowest BCUT2D eigenvalue weighted by atomic mass is 9.99. The third-order valence-electron chi connectivity index (χ3n) is 3.16. The van der Waals surface area contributed by atoms with E-state index in [1.807, 2.05) is 6.92 Å². The van der Waals surface area contributed by atoms with Crippen molar-refractivity contribution in [3.05, 3.63) is 34.5 Å². The molecule has 0 radical (unpaired) electrons. The van der Waals surface area contributed by atoms with Gasteiger partial charge in [-0.15, -0.1) is 0 Å². The largest absolute Gasteiger partial charge is 0.509 e. The summed E-state index contributed by atoms with van der Waals surface area (Å²) in [7, 11) is 0. The van der Waals surface area contributed by atoms with E-state index in [-0.39, 0.29) is 17.2 Å². The first-order valence-corrected chi connectivity index (χ1v) is 6.93. The highest BCUT2D eigenvalue weighted by atomic mass is 35.5. The molecular formula is C15H18ClNO3. The van der Waals surface area contributed by atoms with Crippen LogP contribution in [0.3, 0.4) is 0 Å². The Morgan fingerprint density at radius 1 is 1.40 bits per heavy atom. The highest BCUT2D eigenvalue weighted by Crippen LogP contribution is 2.35. The van der Waals surface area contributed by atoms with E-state index in [9.17, 15) is 9.90 Å². The summed E-state index contributed by atoms with van der Waals surface area (Å²) < 4.78 is 5.54. The summed E-state index contributed by atoms with van der Waals surface area (Å²) in [6.07, 6.45) is 0.863. The van der Waals surface area contributed by atoms with Crippen LogP contribution in [-0.2, 0) is 4.79 Å². The molecule has 1 aliphatic rings. The molecule has 0 aliphatic carbocycles. The maximum atomic E-state index is 12.0. The van der Waals surface area contributed by atoms with Gasteiger partial charge in [0.1, 0.15) is 11.5 Å². The Balaban J connectivity index is 2.43. The number of rotatable bonds is 4. The molecule has 1 aliphatic heterocycles. The van der Waals surface area contributed by atoms with E-state index in [1.54, 1.807) is 32.0 Å². The Morgan fingerprint density at radius 3 is 2.65 bits per heavy atom. The van der Waals surface area contributed by atoms with Crippen molar-refractivity contribution in [3.8, 4) is 5.75 Å². The van der Waals surface area contributed by atoms with Gasteiger partial charge in [-0.1, -0.05) is 24.6 Å². The molecule has 2 N–H and O–H groups in total. The van der Waals surface area contributed by atoms with E-state index in [4.69, 9.17) is 16.3 Å². The van der Waals surface area contributed by atoms with E-state index in [0.29, 0.717) is 22.9 Å². The van der Waals surface area contributed by atoms with E-state index in [2.05, 4.69) is 5.32 Å². The van der Waals surface area contributed by atoms with Crippen LogP contribution in [0.15, 0.2) is 24.0 Å². The molecule has 1 aromatic rings. The lowest BCUT2D eigenvalue weighted by Gasteiger charge is -2.17.